The van der Waals surface area contributed by atoms with E-state index in [1.807, 2.05) is 13.1 Å². The molecule has 0 aliphatic carbocycles. The number of nitrogens with zero attached hydrogens (tertiary/aromatic N) is 3. The van der Waals surface area contributed by atoms with E-state index in [0.717, 1.165) is 17.8 Å². The predicted molar refractivity (Wildman–Crippen MR) is 74.9 cm³/mol. The van der Waals surface area contributed by atoms with E-state index in [2.05, 4.69) is 30.7 Å². The number of sulfonamides is 1. The molecule has 0 radical (unpaired) electrons. The molecule has 0 saturated heterocycles. The third kappa shape index (κ3) is 3.60. The maximum Gasteiger partial charge on any atom is 0.250 e. The predicted octanol–water partition coefficient (Wildman–Crippen LogP) is 0.0626. The lowest BCUT2D eigenvalue weighted by Gasteiger charge is -2.08. The van der Waals surface area contributed by atoms with Crippen LogP contribution in [-0.4, -0.2) is 42.6 Å². The second-order valence-corrected chi connectivity index (χ2v) is 7.30. The van der Waals surface area contributed by atoms with Gasteiger partial charge >= 0.3 is 0 Å². The Bertz CT molecular complexity index is 637. The fraction of sp³-hybridized carbons (Fsp3) is 0.500. The van der Waals surface area contributed by atoms with Crippen LogP contribution in [0.25, 0.3) is 0 Å². The highest BCUT2D eigenvalue weighted by Crippen LogP contribution is 2.23. The molecule has 3 N–H and O–H groups in total. The number of thiophene rings is 1. The summed E-state index contributed by atoms with van der Waals surface area (Å²) in [6, 6.07) is 2.90. The number of hydrogen-bond acceptors (Lipinski definition) is 7. The minimum Gasteiger partial charge on any atom is -0.319 e. The Morgan fingerprint density at radius 2 is 2.25 bits per heavy atom. The fourth-order valence-corrected chi connectivity index (χ4v) is 4.15. The molecule has 0 bridgehead atoms. The molecule has 1 unspecified atom stereocenters. The molecule has 110 valence electrons. The number of aromatic nitrogens is 4. The van der Waals surface area contributed by atoms with Gasteiger partial charge in [-0.3, -0.25) is 0 Å². The van der Waals surface area contributed by atoms with Crippen LogP contribution in [0.3, 0.4) is 0 Å². The van der Waals surface area contributed by atoms with Crippen molar-refractivity contribution in [1.29, 1.82) is 0 Å². The fourth-order valence-electron chi connectivity index (χ4n) is 1.58. The van der Waals surface area contributed by atoms with Crippen LogP contribution in [0.5, 0.6) is 0 Å². The second kappa shape index (κ2) is 6.39. The van der Waals surface area contributed by atoms with Gasteiger partial charge in [0.25, 0.3) is 10.0 Å². The van der Waals surface area contributed by atoms with Gasteiger partial charge < -0.3 is 5.32 Å². The van der Waals surface area contributed by atoms with Gasteiger partial charge in [0, 0.05) is 4.88 Å². The maximum atomic E-state index is 12.2. The number of hydrogen-bond donors (Lipinski definition) is 3. The molecule has 1 atom stereocenters. The van der Waals surface area contributed by atoms with E-state index in [9.17, 15) is 8.42 Å². The van der Waals surface area contributed by atoms with E-state index in [-0.39, 0.29) is 0 Å². The Kier molecular flexibility index (Phi) is 4.81. The Hall–Kier alpha value is -1.36. The van der Waals surface area contributed by atoms with E-state index in [1.165, 1.54) is 11.3 Å². The lowest BCUT2D eigenvalue weighted by Crippen LogP contribution is -2.27. The zero-order chi connectivity index (χ0) is 14.6. The third-order valence-corrected chi connectivity index (χ3v) is 5.78. The summed E-state index contributed by atoms with van der Waals surface area (Å²) in [5.41, 5.74) is 0. The smallest absolute Gasteiger partial charge is 0.250 e. The van der Waals surface area contributed by atoms with Crippen molar-refractivity contribution in [3.63, 3.8) is 0 Å². The summed E-state index contributed by atoms with van der Waals surface area (Å²) in [7, 11) is -1.70. The first-order chi connectivity index (χ1) is 9.53. The van der Waals surface area contributed by atoms with E-state index in [0.29, 0.717) is 10.0 Å². The first-order valence-electron chi connectivity index (χ1n) is 6.02. The van der Waals surface area contributed by atoms with Crippen LogP contribution in [0.4, 0.5) is 0 Å². The number of aromatic amines is 1. The minimum absolute atomic E-state index is 0.291. The molecule has 0 amide bonds. The zero-order valence-electron chi connectivity index (χ0n) is 11.1. The van der Waals surface area contributed by atoms with Crippen LogP contribution < -0.4 is 10.0 Å². The molecular weight excluding hydrogens is 300 g/mol. The molecular formula is C10H16N6O2S2. The molecule has 0 aromatic carbocycles. The van der Waals surface area contributed by atoms with Crippen molar-refractivity contribution in [2.45, 2.75) is 23.6 Å². The van der Waals surface area contributed by atoms with Gasteiger partial charge in [0.15, 0.2) is 5.82 Å². The number of H-pyrrole nitrogens is 1. The van der Waals surface area contributed by atoms with Crippen LogP contribution in [0.1, 0.15) is 23.7 Å². The Morgan fingerprint density at radius 1 is 1.45 bits per heavy atom. The number of likely N-dealkylation sites (N-methyl/N-ethyl adjacent to an activating group) is 1. The molecule has 2 heterocycles. The Morgan fingerprint density at radius 3 is 2.90 bits per heavy atom. The van der Waals surface area contributed by atoms with E-state index in [1.54, 1.807) is 13.0 Å². The van der Waals surface area contributed by atoms with Gasteiger partial charge in [-0.1, -0.05) is 5.21 Å². The van der Waals surface area contributed by atoms with Crippen LogP contribution in [-0.2, 0) is 16.4 Å². The molecule has 2 aromatic rings. The van der Waals surface area contributed by atoms with Gasteiger partial charge in [0.1, 0.15) is 4.21 Å². The molecule has 10 heteroatoms. The van der Waals surface area contributed by atoms with Gasteiger partial charge in [0.2, 0.25) is 0 Å². The zero-order valence-corrected chi connectivity index (χ0v) is 12.8. The molecule has 0 saturated carbocycles. The van der Waals surface area contributed by atoms with Gasteiger partial charge in [-0.15, -0.1) is 21.5 Å². The summed E-state index contributed by atoms with van der Waals surface area (Å²) in [5, 5.41) is 16.3. The monoisotopic (exact) mass is 316 g/mol. The molecule has 0 fully saturated rings. The van der Waals surface area contributed by atoms with Gasteiger partial charge in [-0.2, -0.15) is 9.94 Å². The average molecular weight is 316 g/mol. The summed E-state index contributed by atoms with van der Waals surface area (Å²) < 4.78 is 27.3. The van der Waals surface area contributed by atoms with E-state index < -0.39 is 16.1 Å². The summed E-state index contributed by atoms with van der Waals surface area (Å²) in [5.74, 6) is 0.306. The standard InChI is InChI=1S/C10H16N6O2S2/c1-7(10-12-15-16-13-10)14-20(17,18)9-4-3-8(19-9)5-6-11-2/h3-4,7,11,14H,5-6H2,1-2H3,(H,12,13,15,16). The highest BCUT2D eigenvalue weighted by atomic mass is 32.2. The van der Waals surface area contributed by atoms with E-state index >= 15 is 0 Å². The number of nitrogens with one attached hydrogen (secondary N) is 3. The molecule has 2 rings (SSSR count). The normalized spacial score (nSPS) is 13.5. The summed E-state index contributed by atoms with van der Waals surface area (Å²) >= 11 is 1.26. The Balaban J connectivity index is 2.08. The molecule has 2 aromatic heterocycles. The van der Waals surface area contributed by atoms with Crippen molar-refractivity contribution in [3.05, 3.63) is 22.8 Å². The molecule has 8 nitrogen and oxygen atoms in total. The highest BCUT2D eigenvalue weighted by Gasteiger charge is 2.22. The average Bonchev–Trinajstić information content (AvgIpc) is 3.07. The minimum atomic E-state index is -3.56. The van der Waals surface area contributed by atoms with Crippen molar-refractivity contribution in [1.82, 2.24) is 30.7 Å². The van der Waals surface area contributed by atoms with Gasteiger partial charge in [0.05, 0.1) is 6.04 Å². The highest BCUT2D eigenvalue weighted by molar-refractivity contribution is 7.91. The molecule has 0 aliphatic rings. The van der Waals surface area contributed by atoms with Crippen LogP contribution >= 0.6 is 11.3 Å². The summed E-state index contributed by atoms with van der Waals surface area (Å²) in [6.07, 6.45) is 0.803. The van der Waals surface area contributed by atoms with Gasteiger partial charge in [-0.25, -0.2) is 8.42 Å². The maximum absolute atomic E-state index is 12.2. The summed E-state index contributed by atoms with van der Waals surface area (Å²) in [4.78, 5) is 1.02. The van der Waals surface area contributed by atoms with Crippen molar-refractivity contribution in [2.24, 2.45) is 0 Å². The van der Waals surface area contributed by atoms with Crippen molar-refractivity contribution in [2.75, 3.05) is 13.6 Å². The molecule has 20 heavy (non-hydrogen) atoms. The SMILES string of the molecule is CNCCc1ccc(S(=O)(=O)NC(C)c2nn[nH]n2)s1. The molecule has 0 aliphatic heterocycles. The van der Waals surface area contributed by atoms with Crippen LogP contribution in [0.2, 0.25) is 0 Å². The first kappa shape index (κ1) is 15.0. The van der Waals surface area contributed by atoms with Crippen LogP contribution in [0, 0.1) is 0 Å². The largest absolute Gasteiger partial charge is 0.319 e. The van der Waals surface area contributed by atoms with Crippen LogP contribution in [0.15, 0.2) is 16.3 Å². The lowest BCUT2D eigenvalue weighted by molar-refractivity contribution is 0.562. The number of rotatable bonds is 7. The summed E-state index contributed by atoms with van der Waals surface area (Å²) in [6.45, 7) is 2.48. The van der Waals surface area contributed by atoms with E-state index in [4.69, 9.17) is 0 Å². The van der Waals surface area contributed by atoms with Crippen molar-refractivity contribution < 1.29 is 8.42 Å². The third-order valence-electron chi connectivity index (χ3n) is 2.60. The topological polar surface area (TPSA) is 113 Å². The molecule has 0 spiro atoms. The lowest BCUT2D eigenvalue weighted by atomic mass is 10.3. The first-order valence-corrected chi connectivity index (χ1v) is 8.32. The number of tetrazole rings is 1. The second-order valence-electron chi connectivity index (χ2n) is 4.19. The Labute approximate surface area is 121 Å². The van der Waals surface area contributed by atoms with Crippen molar-refractivity contribution >= 4 is 21.4 Å². The van der Waals surface area contributed by atoms with Gasteiger partial charge in [-0.05, 0) is 39.1 Å². The quantitative estimate of drug-likeness (QED) is 0.666. The van der Waals surface area contributed by atoms with Crippen molar-refractivity contribution in [3.8, 4) is 0 Å².